The molecule has 1 amide bonds. The van der Waals surface area contributed by atoms with Crippen LogP contribution in [0.3, 0.4) is 0 Å². The van der Waals surface area contributed by atoms with Crippen molar-refractivity contribution in [2.24, 2.45) is 0 Å². The summed E-state index contributed by atoms with van der Waals surface area (Å²) < 4.78 is 23.5. The van der Waals surface area contributed by atoms with Crippen molar-refractivity contribution in [2.75, 3.05) is 6.61 Å². The lowest BCUT2D eigenvalue weighted by Gasteiger charge is -2.26. The molecule has 5 heteroatoms. The highest BCUT2D eigenvalue weighted by Crippen LogP contribution is 2.08. The van der Waals surface area contributed by atoms with E-state index >= 15 is 0 Å². The van der Waals surface area contributed by atoms with Crippen LogP contribution in [0.15, 0.2) is 0 Å². The lowest BCUT2D eigenvalue weighted by molar-refractivity contribution is -0.134. The van der Waals surface area contributed by atoms with Gasteiger partial charge in [-0.1, -0.05) is 6.92 Å². The zero-order valence-corrected chi connectivity index (χ0v) is 7.10. The number of hydrogen-bond acceptors (Lipinski definition) is 2. The van der Waals surface area contributed by atoms with Gasteiger partial charge in [-0.05, 0) is 13.3 Å². The van der Waals surface area contributed by atoms with Gasteiger partial charge in [0.15, 0.2) is 0 Å². The Labute approximate surface area is 69.8 Å². The Morgan fingerprint density at radius 3 is 2.42 bits per heavy atom. The minimum atomic E-state index is -3.03. The van der Waals surface area contributed by atoms with Crippen molar-refractivity contribution >= 4 is 5.91 Å². The lowest BCUT2D eigenvalue weighted by Crippen LogP contribution is -2.50. The summed E-state index contributed by atoms with van der Waals surface area (Å²) in [6.07, 6.45) is -2.62. The Balaban J connectivity index is 4.12. The first kappa shape index (κ1) is 11.3. The van der Waals surface area contributed by atoms with Gasteiger partial charge in [-0.25, -0.2) is 0 Å². The van der Waals surface area contributed by atoms with E-state index in [0.29, 0.717) is 6.42 Å². The molecule has 0 aromatic heterocycles. The van der Waals surface area contributed by atoms with Crippen LogP contribution in [0.5, 0.6) is 0 Å². The second-order valence-corrected chi connectivity index (χ2v) is 2.86. The maximum atomic E-state index is 11.7. The molecule has 2 N–H and O–H groups in total. The van der Waals surface area contributed by atoms with E-state index in [-0.39, 0.29) is 6.61 Å². The zero-order valence-electron chi connectivity index (χ0n) is 7.10. The summed E-state index contributed by atoms with van der Waals surface area (Å²) >= 11 is 0. The van der Waals surface area contributed by atoms with E-state index in [1.54, 1.807) is 6.92 Å². The fraction of sp³-hybridized carbons (Fsp3) is 0.857. The largest absolute Gasteiger partial charge is 0.394 e. The van der Waals surface area contributed by atoms with E-state index < -0.39 is 17.9 Å². The molecule has 0 heterocycles. The summed E-state index contributed by atoms with van der Waals surface area (Å²) in [5.41, 5.74) is -0.937. The second-order valence-electron chi connectivity index (χ2n) is 2.86. The van der Waals surface area contributed by atoms with Gasteiger partial charge in [0.1, 0.15) is 0 Å². The predicted octanol–water partition coefficient (Wildman–Crippen LogP) is 0.529. The zero-order chi connectivity index (χ0) is 9.78. The molecule has 0 saturated heterocycles. The van der Waals surface area contributed by atoms with Crippen LogP contribution < -0.4 is 5.32 Å². The number of alkyl halides is 2. The van der Waals surface area contributed by atoms with Gasteiger partial charge in [-0.3, -0.25) is 4.79 Å². The third-order valence-electron chi connectivity index (χ3n) is 1.75. The molecule has 0 aromatic carbocycles. The van der Waals surface area contributed by atoms with Gasteiger partial charge in [0.2, 0.25) is 0 Å². The molecule has 0 radical (unpaired) electrons. The molecular weight excluding hydrogens is 168 g/mol. The van der Waals surface area contributed by atoms with Crippen molar-refractivity contribution in [3.63, 3.8) is 0 Å². The van der Waals surface area contributed by atoms with E-state index in [4.69, 9.17) is 5.11 Å². The molecule has 1 unspecified atom stereocenters. The average Bonchev–Trinajstić information content (AvgIpc) is 2.04. The predicted molar refractivity (Wildman–Crippen MR) is 39.9 cm³/mol. The molecule has 0 saturated carbocycles. The molecule has 0 fully saturated rings. The van der Waals surface area contributed by atoms with Gasteiger partial charge < -0.3 is 10.4 Å². The first-order valence-corrected chi connectivity index (χ1v) is 3.66. The highest BCUT2D eigenvalue weighted by molar-refractivity contribution is 5.79. The molecule has 0 aliphatic carbocycles. The highest BCUT2D eigenvalue weighted by atomic mass is 19.3. The molecule has 0 aliphatic heterocycles. The number of nitrogens with one attached hydrogen (secondary N) is 1. The summed E-state index contributed by atoms with van der Waals surface area (Å²) in [7, 11) is 0. The van der Waals surface area contributed by atoms with E-state index in [0.717, 1.165) is 0 Å². The number of carbonyl (C=O) groups is 1. The molecule has 0 aliphatic rings. The van der Waals surface area contributed by atoms with Crippen molar-refractivity contribution in [3.05, 3.63) is 0 Å². The minimum absolute atomic E-state index is 0.345. The van der Waals surface area contributed by atoms with Crippen LogP contribution in [0.4, 0.5) is 8.78 Å². The Hall–Kier alpha value is -0.710. The van der Waals surface area contributed by atoms with E-state index in [1.165, 1.54) is 6.92 Å². The fourth-order valence-electron chi connectivity index (χ4n) is 0.592. The standard InChI is InChI=1S/C7H13F2NO2/c1-3-7(2,4-11)10-6(12)5(8)9/h5,11H,3-4H2,1-2H3,(H,10,12). The van der Waals surface area contributed by atoms with Crippen LogP contribution in [0, 0.1) is 0 Å². The van der Waals surface area contributed by atoms with Gasteiger partial charge in [0.25, 0.3) is 5.91 Å². The third kappa shape index (κ3) is 3.13. The Bertz CT molecular complexity index is 157. The molecule has 0 aromatic rings. The van der Waals surface area contributed by atoms with Crippen LogP contribution in [0.2, 0.25) is 0 Å². The first-order valence-electron chi connectivity index (χ1n) is 3.66. The number of rotatable bonds is 4. The number of hydrogen-bond donors (Lipinski definition) is 2. The molecule has 3 nitrogen and oxygen atoms in total. The monoisotopic (exact) mass is 181 g/mol. The number of halogens is 2. The van der Waals surface area contributed by atoms with Crippen molar-refractivity contribution in [1.82, 2.24) is 5.32 Å². The van der Waals surface area contributed by atoms with Gasteiger partial charge in [-0.2, -0.15) is 8.78 Å². The third-order valence-corrected chi connectivity index (χ3v) is 1.75. The number of carbonyl (C=O) groups excluding carboxylic acids is 1. The van der Waals surface area contributed by atoms with Gasteiger partial charge in [0, 0.05) is 0 Å². The Morgan fingerprint density at radius 1 is 1.67 bits per heavy atom. The molecule has 12 heavy (non-hydrogen) atoms. The van der Waals surface area contributed by atoms with Crippen molar-refractivity contribution in [2.45, 2.75) is 32.2 Å². The maximum absolute atomic E-state index is 11.7. The normalized spacial score (nSPS) is 15.8. The van der Waals surface area contributed by atoms with E-state index in [1.807, 2.05) is 0 Å². The molecule has 1 atom stereocenters. The number of amides is 1. The summed E-state index contributed by atoms with van der Waals surface area (Å²) in [5.74, 6) is -1.34. The summed E-state index contributed by atoms with van der Waals surface area (Å²) in [5, 5.41) is 10.8. The van der Waals surface area contributed by atoms with Gasteiger partial charge in [0.05, 0.1) is 12.1 Å². The molecule has 0 spiro atoms. The summed E-state index contributed by atoms with van der Waals surface area (Å²) in [4.78, 5) is 10.5. The summed E-state index contributed by atoms with van der Waals surface area (Å²) in [6, 6.07) is 0. The molecule has 0 rings (SSSR count). The Morgan fingerprint density at radius 2 is 2.17 bits per heavy atom. The molecule has 72 valence electrons. The smallest absolute Gasteiger partial charge is 0.315 e. The van der Waals surface area contributed by atoms with Crippen molar-refractivity contribution in [1.29, 1.82) is 0 Å². The van der Waals surface area contributed by atoms with Crippen molar-refractivity contribution < 1.29 is 18.7 Å². The highest BCUT2D eigenvalue weighted by Gasteiger charge is 2.27. The van der Waals surface area contributed by atoms with E-state index in [2.05, 4.69) is 5.32 Å². The van der Waals surface area contributed by atoms with Gasteiger partial charge in [-0.15, -0.1) is 0 Å². The summed E-state index contributed by atoms with van der Waals surface area (Å²) in [6.45, 7) is 2.86. The minimum Gasteiger partial charge on any atom is -0.394 e. The quantitative estimate of drug-likeness (QED) is 0.664. The van der Waals surface area contributed by atoms with Crippen LogP contribution in [0.1, 0.15) is 20.3 Å². The van der Waals surface area contributed by atoms with Crippen LogP contribution in [-0.4, -0.2) is 29.6 Å². The van der Waals surface area contributed by atoms with Gasteiger partial charge >= 0.3 is 6.43 Å². The second kappa shape index (κ2) is 4.35. The SMILES string of the molecule is CCC(C)(CO)NC(=O)C(F)F. The number of aliphatic hydroxyl groups excluding tert-OH is 1. The van der Waals surface area contributed by atoms with Crippen LogP contribution in [-0.2, 0) is 4.79 Å². The van der Waals surface area contributed by atoms with Crippen LogP contribution >= 0.6 is 0 Å². The van der Waals surface area contributed by atoms with Crippen molar-refractivity contribution in [3.8, 4) is 0 Å². The van der Waals surface area contributed by atoms with E-state index in [9.17, 15) is 13.6 Å². The Kier molecular flexibility index (Phi) is 4.09. The molecular formula is C7H13F2NO2. The fourth-order valence-corrected chi connectivity index (χ4v) is 0.592. The molecule has 0 bridgehead atoms. The van der Waals surface area contributed by atoms with Crippen LogP contribution in [0.25, 0.3) is 0 Å². The topological polar surface area (TPSA) is 49.3 Å². The lowest BCUT2D eigenvalue weighted by atomic mass is 10.0. The first-order chi connectivity index (χ1) is 5.45. The maximum Gasteiger partial charge on any atom is 0.315 e. The number of aliphatic hydroxyl groups is 1. The average molecular weight is 181 g/mol.